The third-order valence-electron chi connectivity index (χ3n) is 6.30. The van der Waals surface area contributed by atoms with Gasteiger partial charge in [0.15, 0.2) is 0 Å². The zero-order valence-electron chi connectivity index (χ0n) is 16.4. The minimum Gasteiger partial charge on any atom is -0.211 e. The van der Waals surface area contributed by atoms with Crippen molar-refractivity contribution < 1.29 is 17.6 Å². The molecule has 0 radical (unpaired) electrons. The van der Waals surface area contributed by atoms with E-state index in [-0.39, 0.29) is 5.41 Å². The lowest BCUT2D eigenvalue weighted by atomic mass is 9.45. The average molecular weight is 358 g/mol. The molecule has 0 nitrogen and oxygen atoms in total. The van der Waals surface area contributed by atoms with Crippen LogP contribution in [-0.4, -0.2) is 13.1 Å². The first-order chi connectivity index (χ1) is 11.4. The van der Waals surface area contributed by atoms with Gasteiger partial charge in [0.05, 0.1) is 0 Å². The largest absolute Gasteiger partial charge is 0.326 e. The molecule has 0 saturated carbocycles. The first-order valence-electron chi connectivity index (χ1n) is 9.28. The zero-order chi connectivity index (χ0) is 19.5. The SMILES string of the molecule is CCC(C)(BC(F)(F)C(F)(F)c1cccc(C(C)(CC)CC)c1)CC. The summed E-state index contributed by atoms with van der Waals surface area (Å²) >= 11 is 0. The Labute approximate surface area is 150 Å². The van der Waals surface area contributed by atoms with Gasteiger partial charge in [-0.25, -0.2) is 8.78 Å². The molecule has 0 fully saturated rings. The highest BCUT2D eigenvalue weighted by molar-refractivity contribution is 6.43. The Morgan fingerprint density at radius 1 is 0.800 bits per heavy atom. The van der Waals surface area contributed by atoms with Gasteiger partial charge in [0.1, 0.15) is 0 Å². The van der Waals surface area contributed by atoms with Crippen molar-refractivity contribution in [2.75, 3.05) is 0 Å². The summed E-state index contributed by atoms with van der Waals surface area (Å²) in [5.74, 6) is -8.27. The molecule has 0 aromatic heterocycles. The molecule has 0 unspecified atom stereocenters. The Morgan fingerprint density at radius 2 is 1.28 bits per heavy atom. The van der Waals surface area contributed by atoms with Crippen LogP contribution < -0.4 is 0 Å². The summed E-state index contributed by atoms with van der Waals surface area (Å²) in [7, 11) is -0.816. The van der Waals surface area contributed by atoms with Crippen LogP contribution in [0, 0.1) is 0 Å². The van der Waals surface area contributed by atoms with E-state index in [1.807, 2.05) is 20.8 Å². The minimum absolute atomic E-state index is 0.289. The summed E-state index contributed by atoms with van der Waals surface area (Å²) in [6.45, 7) is 11.1. The number of hydrogen-bond acceptors (Lipinski definition) is 0. The van der Waals surface area contributed by atoms with Crippen LogP contribution in [0.4, 0.5) is 17.6 Å². The van der Waals surface area contributed by atoms with E-state index in [0.29, 0.717) is 18.4 Å². The smallest absolute Gasteiger partial charge is 0.211 e. The predicted molar refractivity (Wildman–Crippen MR) is 99.3 cm³/mol. The first-order valence-corrected chi connectivity index (χ1v) is 9.28. The molecule has 0 aliphatic carbocycles. The molecule has 1 rings (SSSR count). The van der Waals surface area contributed by atoms with Gasteiger partial charge >= 0.3 is 5.92 Å². The summed E-state index contributed by atoms with van der Waals surface area (Å²) in [5, 5.41) is -0.800. The fourth-order valence-electron chi connectivity index (χ4n) is 3.11. The van der Waals surface area contributed by atoms with E-state index in [1.165, 1.54) is 12.1 Å². The average Bonchev–Trinajstić information content (AvgIpc) is 2.60. The van der Waals surface area contributed by atoms with Gasteiger partial charge in [-0.05, 0) is 29.9 Å². The lowest BCUT2D eigenvalue weighted by molar-refractivity contribution is -0.168. The van der Waals surface area contributed by atoms with Gasteiger partial charge in [-0.2, -0.15) is 8.78 Å². The molecule has 0 N–H and O–H groups in total. The van der Waals surface area contributed by atoms with Crippen molar-refractivity contribution in [1.82, 2.24) is 0 Å². The van der Waals surface area contributed by atoms with Gasteiger partial charge in [0.25, 0.3) is 5.82 Å². The first kappa shape index (κ1) is 22.0. The Bertz CT molecular complexity index is 561. The summed E-state index contributed by atoms with van der Waals surface area (Å²) in [6, 6.07) is 5.62. The van der Waals surface area contributed by atoms with E-state index in [9.17, 15) is 17.6 Å². The zero-order valence-corrected chi connectivity index (χ0v) is 16.4. The molecule has 25 heavy (non-hydrogen) atoms. The number of alkyl halides is 4. The molecular weight excluding hydrogens is 327 g/mol. The maximum atomic E-state index is 14.8. The van der Waals surface area contributed by atoms with E-state index >= 15 is 0 Å². The number of halogens is 4. The van der Waals surface area contributed by atoms with Gasteiger partial charge in [-0.15, -0.1) is 0 Å². The molecule has 5 heteroatoms. The second kappa shape index (κ2) is 7.71. The van der Waals surface area contributed by atoms with E-state index in [4.69, 9.17) is 0 Å². The van der Waals surface area contributed by atoms with Crippen molar-refractivity contribution in [3.8, 4) is 0 Å². The molecule has 0 amide bonds. The van der Waals surface area contributed by atoms with Gasteiger partial charge in [-0.3, -0.25) is 0 Å². The number of benzene rings is 1. The van der Waals surface area contributed by atoms with Crippen LogP contribution in [0.3, 0.4) is 0 Å². The van der Waals surface area contributed by atoms with Gasteiger partial charge in [0, 0.05) is 5.56 Å². The van der Waals surface area contributed by atoms with Crippen molar-refractivity contribution in [2.24, 2.45) is 0 Å². The molecule has 0 saturated heterocycles. The predicted octanol–water partition coefficient (Wildman–Crippen LogP) is 6.88. The normalized spacial score (nSPS) is 13.8. The maximum absolute atomic E-state index is 14.8. The topological polar surface area (TPSA) is 0 Å². The molecule has 0 heterocycles. The Hall–Kier alpha value is -0.995. The highest BCUT2D eigenvalue weighted by Gasteiger charge is 2.59. The Morgan fingerprint density at radius 3 is 1.72 bits per heavy atom. The standard InChI is InChI=1S/C20H31BF4/c1-7-17(5,8-2)15-12-11-13-16(14-15)19(22,23)20(24,25)21-18(6,9-3)10-4/h11-14,21H,7-10H2,1-6H3. The monoisotopic (exact) mass is 358 g/mol. The van der Waals surface area contributed by atoms with E-state index in [2.05, 4.69) is 0 Å². The Kier molecular flexibility index (Phi) is 6.80. The van der Waals surface area contributed by atoms with Crippen LogP contribution in [-0.2, 0) is 11.3 Å². The van der Waals surface area contributed by atoms with Gasteiger partial charge < -0.3 is 0 Å². The summed E-state index contributed by atoms with van der Waals surface area (Å²) in [5.41, 5.74) is -0.181. The van der Waals surface area contributed by atoms with E-state index < -0.39 is 29.9 Å². The van der Waals surface area contributed by atoms with Crippen molar-refractivity contribution >= 4 is 7.28 Å². The van der Waals surface area contributed by atoms with Crippen LogP contribution >= 0.6 is 0 Å². The van der Waals surface area contributed by atoms with Gasteiger partial charge in [-0.1, -0.05) is 77.9 Å². The maximum Gasteiger partial charge on any atom is 0.326 e. The number of hydrogen-bond donors (Lipinski definition) is 0. The van der Waals surface area contributed by atoms with Crippen molar-refractivity contribution in [1.29, 1.82) is 0 Å². The molecule has 0 spiro atoms. The third-order valence-corrected chi connectivity index (χ3v) is 6.30. The van der Waals surface area contributed by atoms with Crippen LogP contribution in [0.25, 0.3) is 0 Å². The van der Waals surface area contributed by atoms with Crippen molar-refractivity contribution in [3.05, 3.63) is 35.4 Å². The lowest BCUT2D eigenvalue weighted by Gasteiger charge is -2.35. The molecule has 0 aliphatic heterocycles. The summed E-state index contributed by atoms with van der Waals surface area (Å²) in [4.78, 5) is 0. The van der Waals surface area contributed by atoms with Crippen LogP contribution in [0.5, 0.6) is 0 Å². The molecule has 0 aliphatic rings. The summed E-state index contributed by atoms with van der Waals surface area (Å²) in [6.07, 6.45) is 2.41. The highest BCUT2D eigenvalue weighted by atomic mass is 19.3. The van der Waals surface area contributed by atoms with Gasteiger partial charge in [0.2, 0.25) is 7.28 Å². The molecular formula is C20H31BF4. The second-order valence-corrected chi connectivity index (χ2v) is 7.82. The summed E-state index contributed by atoms with van der Waals surface area (Å²) < 4.78 is 58.7. The quantitative estimate of drug-likeness (QED) is 0.333. The van der Waals surface area contributed by atoms with Crippen LogP contribution in [0.2, 0.25) is 5.31 Å². The second-order valence-electron chi connectivity index (χ2n) is 7.82. The molecule has 142 valence electrons. The molecule has 0 atom stereocenters. The molecule has 1 aromatic carbocycles. The van der Waals surface area contributed by atoms with Crippen molar-refractivity contribution in [2.45, 2.75) is 89.7 Å². The molecule has 0 bridgehead atoms. The fraction of sp³-hybridized carbons (Fsp3) is 0.700. The highest BCUT2D eigenvalue weighted by Crippen LogP contribution is 2.48. The van der Waals surface area contributed by atoms with E-state index in [1.54, 1.807) is 26.8 Å². The minimum atomic E-state index is -4.18. The lowest BCUT2D eigenvalue weighted by Crippen LogP contribution is -2.47. The van der Waals surface area contributed by atoms with Crippen LogP contribution in [0.15, 0.2) is 24.3 Å². The van der Waals surface area contributed by atoms with Crippen LogP contribution in [0.1, 0.15) is 78.4 Å². The third kappa shape index (κ3) is 4.40. The van der Waals surface area contributed by atoms with E-state index in [0.717, 1.165) is 18.9 Å². The van der Waals surface area contributed by atoms with Crippen molar-refractivity contribution in [3.63, 3.8) is 0 Å². The fourth-order valence-corrected chi connectivity index (χ4v) is 3.11. The molecule has 1 aromatic rings. The Balaban J connectivity index is 3.29. The number of rotatable bonds is 9.